The van der Waals surface area contributed by atoms with Crippen LogP contribution in [0.2, 0.25) is 0 Å². The minimum absolute atomic E-state index is 0.193. The zero-order valence-electron chi connectivity index (χ0n) is 10.7. The molecule has 0 radical (unpaired) electrons. The molecule has 0 spiro atoms. The molecule has 17 heavy (non-hydrogen) atoms. The lowest BCUT2D eigenvalue weighted by Crippen LogP contribution is -2.17. The van der Waals surface area contributed by atoms with Crippen LogP contribution in [0.15, 0.2) is 22.7 Å². The first-order valence-electron chi connectivity index (χ1n) is 6.30. The fourth-order valence-corrected chi connectivity index (χ4v) is 2.24. The van der Waals surface area contributed by atoms with Crippen molar-refractivity contribution in [2.45, 2.75) is 45.6 Å². The maximum atomic E-state index is 5.78. The van der Waals surface area contributed by atoms with Gasteiger partial charge in [-0.2, -0.15) is 0 Å². The van der Waals surface area contributed by atoms with E-state index in [0.29, 0.717) is 0 Å². The number of ether oxygens (including phenoxy) is 1. The van der Waals surface area contributed by atoms with Crippen LogP contribution < -0.4 is 10.5 Å². The second-order valence-corrected chi connectivity index (χ2v) is 5.36. The van der Waals surface area contributed by atoms with E-state index in [2.05, 4.69) is 35.0 Å². The highest BCUT2D eigenvalue weighted by atomic mass is 79.9. The average Bonchev–Trinajstić information content (AvgIpc) is 2.26. The quantitative estimate of drug-likeness (QED) is 0.775. The summed E-state index contributed by atoms with van der Waals surface area (Å²) in [7, 11) is 0. The minimum Gasteiger partial charge on any atom is -0.492 e. The van der Waals surface area contributed by atoms with Gasteiger partial charge in [-0.25, -0.2) is 0 Å². The third-order valence-corrected chi connectivity index (χ3v) is 3.18. The summed E-state index contributed by atoms with van der Waals surface area (Å²) in [6, 6.07) is 6.40. The predicted molar refractivity (Wildman–Crippen MR) is 76.5 cm³/mol. The van der Waals surface area contributed by atoms with E-state index in [-0.39, 0.29) is 6.04 Å². The largest absolute Gasteiger partial charge is 0.492 e. The number of hydrogen-bond acceptors (Lipinski definition) is 2. The van der Waals surface area contributed by atoms with Crippen molar-refractivity contribution in [1.29, 1.82) is 0 Å². The number of benzene rings is 1. The molecule has 0 saturated heterocycles. The Hall–Kier alpha value is -0.540. The summed E-state index contributed by atoms with van der Waals surface area (Å²) >= 11 is 3.54. The van der Waals surface area contributed by atoms with Gasteiger partial charge in [-0.05, 0) is 53.4 Å². The predicted octanol–water partition coefficient (Wildman–Crippen LogP) is 3.91. The highest BCUT2D eigenvalue weighted by molar-refractivity contribution is 9.10. The van der Waals surface area contributed by atoms with Crippen LogP contribution in [0.3, 0.4) is 0 Å². The van der Waals surface area contributed by atoms with Crippen LogP contribution in [0.5, 0.6) is 5.75 Å². The van der Waals surface area contributed by atoms with Crippen molar-refractivity contribution in [3.8, 4) is 5.75 Å². The molecule has 96 valence electrons. The van der Waals surface area contributed by atoms with Gasteiger partial charge in [0, 0.05) is 6.04 Å². The molecular formula is C14H22BrNO. The molecule has 0 aliphatic carbocycles. The first-order chi connectivity index (χ1) is 8.13. The minimum atomic E-state index is 0.193. The molecule has 0 heterocycles. The van der Waals surface area contributed by atoms with Crippen molar-refractivity contribution in [1.82, 2.24) is 0 Å². The van der Waals surface area contributed by atoms with Crippen LogP contribution in [-0.4, -0.2) is 12.6 Å². The van der Waals surface area contributed by atoms with Crippen molar-refractivity contribution >= 4 is 15.9 Å². The Morgan fingerprint density at radius 2 is 2.12 bits per heavy atom. The molecule has 1 rings (SSSR count). The maximum Gasteiger partial charge on any atom is 0.133 e. The molecule has 0 fully saturated rings. The Labute approximate surface area is 113 Å². The van der Waals surface area contributed by atoms with Crippen molar-refractivity contribution in [3.05, 3.63) is 28.2 Å². The summed E-state index contributed by atoms with van der Waals surface area (Å²) in [6.07, 6.45) is 4.46. The standard InChI is InChI=1S/C14H22BrNO/c1-3-4-5-8-17-14-7-6-12(9-11(2)16)10-13(14)15/h6-7,10-11H,3-5,8-9,16H2,1-2H3. The number of hydrogen-bond donors (Lipinski definition) is 1. The van der Waals surface area contributed by atoms with E-state index in [9.17, 15) is 0 Å². The van der Waals surface area contributed by atoms with Gasteiger partial charge in [0.25, 0.3) is 0 Å². The second kappa shape index (κ2) is 7.72. The van der Waals surface area contributed by atoms with Crippen LogP contribution in [0.4, 0.5) is 0 Å². The zero-order valence-corrected chi connectivity index (χ0v) is 12.3. The van der Waals surface area contributed by atoms with Crippen LogP contribution in [-0.2, 0) is 6.42 Å². The molecule has 0 aliphatic rings. The molecule has 2 nitrogen and oxygen atoms in total. The van der Waals surface area contributed by atoms with Gasteiger partial charge in [-0.3, -0.25) is 0 Å². The Morgan fingerprint density at radius 1 is 1.35 bits per heavy atom. The zero-order chi connectivity index (χ0) is 12.7. The highest BCUT2D eigenvalue weighted by Gasteiger charge is 2.04. The molecule has 1 aromatic rings. The number of unbranched alkanes of at least 4 members (excludes halogenated alkanes) is 2. The first kappa shape index (κ1) is 14.5. The van der Waals surface area contributed by atoms with E-state index >= 15 is 0 Å². The van der Waals surface area contributed by atoms with Gasteiger partial charge in [0.2, 0.25) is 0 Å². The highest BCUT2D eigenvalue weighted by Crippen LogP contribution is 2.26. The summed E-state index contributed by atoms with van der Waals surface area (Å²) in [5, 5.41) is 0. The molecule has 2 N–H and O–H groups in total. The topological polar surface area (TPSA) is 35.2 Å². The van der Waals surface area contributed by atoms with Crippen molar-refractivity contribution in [3.63, 3.8) is 0 Å². The number of rotatable bonds is 7. The van der Waals surface area contributed by atoms with Crippen LogP contribution in [0, 0.1) is 0 Å². The maximum absolute atomic E-state index is 5.78. The molecule has 1 aromatic carbocycles. The monoisotopic (exact) mass is 299 g/mol. The van der Waals surface area contributed by atoms with E-state index in [0.717, 1.165) is 29.7 Å². The van der Waals surface area contributed by atoms with Gasteiger partial charge in [0.1, 0.15) is 5.75 Å². The molecule has 1 atom stereocenters. The lowest BCUT2D eigenvalue weighted by Gasteiger charge is -2.10. The molecule has 3 heteroatoms. The van der Waals surface area contributed by atoms with Crippen molar-refractivity contribution in [2.75, 3.05) is 6.61 Å². The van der Waals surface area contributed by atoms with E-state index in [1.165, 1.54) is 18.4 Å². The fourth-order valence-electron chi connectivity index (χ4n) is 1.69. The third kappa shape index (κ3) is 5.55. The number of nitrogens with two attached hydrogens (primary N) is 1. The summed E-state index contributed by atoms with van der Waals surface area (Å²) in [4.78, 5) is 0. The molecule has 0 aromatic heterocycles. The van der Waals surface area contributed by atoms with Crippen LogP contribution in [0.1, 0.15) is 38.7 Å². The van der Waals surface area contributed by atoms with Gasteiger partial charge in [0.15, 0.2) is 0 Å². The average molecular weight is 300 g/mol. The molecular weight excluding hydrogens is 278 g/mol. The van der Waals surface area contributed by atoms with Crippen molar-refractivity contribution in [2.24, 2.45) is 5.73 Å². The van der Waals surface area contributed by atoms with Gasteiger partial charge < -0.3 is 10.5 Å². The lowest BCUT2D eigenvalue weighted by molar-refractivity contribution is 0.304. The SMILES string of the molecule is CCCCCOc1ccc(CC(C)N)cc1Br. The molecule has 0 bridgehead atoms. The Kier molecular flexibility index (Phi) is 6.60. The van der Waals surface area contributed by atoms with Gasteiger partial charge >= 0.3 is 0 Å². The van der Waals surface area contributed by atoms with Crippen LogP contribution >= 0.6 is 15.9 Å². The lowest BCUT2D eigenvalue weighted by atomic mass is 10.1. The second-order valence-electron chi connectivity index (χ2n) is 4.50. The van der Waals surface area contributed by atoms with E-state index in [1.807, 2.05) is 13.0 Å². The Balaban J connectivity index is 2.51. The Morgan fingerprint density at radius 3 is 2.71 bits per heavy atom. The molecule has 0 saturated carbocycles. The normalized spacial score (nSPS) is 12.5. The fraction of sp³-hybridized carbons (Fsp3) is 0.571. The first-order valence-corrected chi connectivity index (χ1v) is 7.09. The van der Waals surface area contributed by atoms with Crippen molar-refractivity contribution < 1.29 is 4.74 Å². The molecule has 1 unspecified atom stereocenters. The van der Waals surface area contributed by atoms with E-state index < -0.39 is 0 Å². The smallest absolute Gasteiger partial charge is 0.133 e. The van der Waals surface area contributed by atoms with Gasteiger partial charge in [0.05, 0.1) is 11.1 Å². The van der Waals surface area contributed by atoms with Gasteiger partial charge in [-0.1, -0.05) is 25.8 Å². The summed E-state index contributed by atoms with van der Waals surface area (Å²) in [6.45, 7) is 5.00. The van der Waals surface area contributed by atoms with Gasteiger partial charge in [-0.15, -0.1) is 0 Å². The summed E-state index contributed by atoms with van der Waals surface area (Å²) < 4.78 is 6.74. The van der Waals surface area contributed by atoms with E-state index in [1.54, 1.807) is 0 Å². The Bertz CT molecular complexity index is 339. The molecule has 0 aliphatic heterocycles. The summed E-state index contributed by atoms with van der Waals surface area (Å²) in [5.74, 6) is 0.925. The summed E-state index contributed by atoms with van der Waals surface area (Å²) in [5.41, 5.74) is 7.02. The third-order valence-electron chi connectivity index (χ3n) is 2.56. The molecule has 0 amide bonds. The number of halogens is 1. The van der Waals surface area contributed by atoms with E-state index in [4.69, 9.17) is 10.5 Å². The van der Waals surface area contributed by atoms with Crippen LogP contribution in [0.25, 0.3) is 0 Å².